The number of pyridine rings is 1. The third-order valence-corrected chi connectivity index (χ3v) is 2.08. The molecular weight excluding hydrogens is 194 g/mol. The molecule has 0 unspecified atom stereocenters. The number of fused-ring (bicyclic) bond motifs is 1. The maximum atomic E-state index is 10.7. The van der Waals surface area contributed by atoms with Gasteiger partial charge in [0.05, 0.1) is 10.3 Å². The quantitative estimate of drug-likeness (QED) is 0.519. The predicted octanol–water partition coefficient (Wildman–Crippen LogP) is 2.01. The van der Waals surface area contributed by atoms with Crippen LogP contribution in [0.5, 0.6) is 0 Å². The van der Waals surface area contributed by atoms with Crippen LogP contribution in [0.3, 0.4) is 0 Å². The van der Waals surface area contributed by atoms with Gasteiger partial charge in [-0.3, -0.25) is 10.1 Å². The maximum absolute atomic E-state index is 10.7. The molecule has 0 aliphatic heterocycles. The van der Waals surface area contributed by atoms with E-state index in [1.54, 1.807) is 24.3 Å². The van der Waals surface area contributed by atoms with Crippen molar-refractivity contribution in [2.24, 2.45) is 0 Å². The van der Waals surface area contributed by atoms with Gasteiger partial charge in [-0.25, -0.2) is 4.98 Å². The van der Waals surface area contributed by atoms with Gasteiger partial charge in [-0.2, -0.15) is 5.26 Å². The minimum atomic E-state index is -0.503. The van der Waals surface area contributed by atoms with Crippen molar-refractivity contribution in [3.8, 4) is 6.07 Å². The molecule has 0 aliphatic rings. The largest absolute Gasteiger partial charge is 0.295 e. The number of nitrogens with zero attached hydrogens (tertiary/aromatic N) is 3. The summed E-state index contributed by atoms with van der Waals surface area (Å²) in [6.07, 6.45) is 1.11. The Morgan fingerprint density at radius 2 is 2.00 bits per heavy atom. The average molecular weight is 199 g/mol. The van der Waals surface area contributed by atoms with Crippen molar-refractivity contribution >= 4 is 16.5 Å². The molecule has 0 spiro atoms. The standard InChI is InChI=1S/C10H5N3O2/c11-5-9-7-3-1-2-4-8(7)10(6-12-9)13(14)15/h1-4,6H. The first kappa shape index (κ1) is 9.09. The second kappa shape index (κ2) is 3.35. The van der Waals surface area contributed by atoms with Crippen molar-refractivity contribution in [2.45, 2.75) is 0 Å². The van der Waals surface area contributed by atoms with E-state index in [9.17, 15) is 10.1 Å². The summed E-state index contributed by atoms with van der Waals surface area (Å²) in [4.78, 5) is 13.9. The molecule has 72 valence electrons. The van der Waals surface area contributed by atoms with E-state index in [2.05, 4.69) is 4.98 Å². The van der Waals surface area contributed by atoms with E-state index in [-0.39, 0.29) is 11.4 Å². The van der Waals surface area contributed by atoms with Gasteiger partial charge in [0.2, 0.25) is 0 Å². The maximum Gasteiger partial charge on any atom is 0.295 e. The first-order valence-corrected chi connectivity index (χ1v) is 4.16. The monoisotopic (exact) mass is 199 g/mol. The van der Waals surface area contributed by atoms with E-state index in [0.717, 1.165) is 6.20 Å². The van der Waals surface area contributed by atoms with Gasteiger partial charge in [0.25, 0.3) is 5.69 Å². The van der Waals surface area contributed by atoms with Crippen molar-refractivity contribution < 1.29 is 4.92 Å². The fourth-order valence-electron chi connectivity index (χ4n) is 1.41. The lowest BCUT2D eigenvalue weighted by Crippen LogP contribution is -1.93. The third kappa shape index (κ3) is 1.38. The number of hydrogen-bond acceptors (Lipinski definition) is 4. The summed E-state index contributed by atoms with van der Waals surface area (Å²) < 4.78 is 0. The Hall–Kier alpha value is -2.48. The zero-order valence-electron chi connectivity index (χ0n) is 7.54. The second-order valence-corrected chi connectivity index (χ2v) is 2.91. The first-order valence-electron chi connectivity index (χ1n) is 4.16. The molecule has 5 heteroatoms. The summed E-state index contributed by atoms with van der Waals surface area (Å²) in [5, 5.41) is 20.4. The zero-order valence-corrected chi connectivity index (χ0v) is 7.54. The SMILES string of the molecule is N#Cc1ncc([N+](=O)[O-])c2ccccc12. The molecule has 1 aromatic heterocycles. The molecule has 0 atom stereocenters. The van der Waals surface area contributed by atoms with E-state index >= 15 is 0 Å². The highest BCUT2D eigenvalue weighted by molar-refractivity contribution is 5.93. The van der Waals surface area contributed by atoms with E-state index in [0.29, 0.717) is 10.8 Å². The molecule has 2 aromatic rings. The number of aromatic nitrogens is 1. The normalized spacial score (nSPS) is 9.80. The highest BCUT2D eigenvalue weighted by atomic mass is 16.6. The Kier molecular flexibility index (Phi) is 2.03. The van der Waals surface area contributed by atoms with Crippen molar-refractivity contribution in [1.82, 2.24) is 4.98 Å². The average Bonchev–Trinajstić information content (AvgIpc) is 2.27. The van der Waals surface area contributed by atoms with E-state index < -0.39 is 4.92 Å². The van der Waals surface area contributed by atoms with Crippen LogP contribution in [0.2, 0.25) is 0 Å². The van der Waals surface area contributed by atoms with Crippen molar-refractivity contribution in [1.29, 1.82) is 5.26 Å². The van der Waals surface area contributed by atoms with Gasteiger partial charge in [-0.1, -0.05) is 18.2 Å². The fourth-order valence-corrected chi connectivity index (χ4v) is 1.41. The Labute approximate surface area is 84.7 Å². The lowest BCUT2D eigenvalue weighted by molar-refractivity contribution is -0.383. The lowest BCUT2D eigenvalue weighted by atomic mass is 10.1. The molecule has 1 aromatic carbocycles. The molecule has 0 amide bonds. The third-order valence-electron chi connectivity index (χ3n) is 2.08. The van der Waals surface area contributed by atoms with Gasteiger partial charge >= 0.3 is 0 Å². The second-order valence-electron chi connectivity index (χ2n) is 2.91. The number of rotatable bonds is 1. The molecule has 0 saturated heterocycles. The number of nitriles is 1. The number of hydrogen-bond donors (Lipinski definition) is 0. The highest BCUT2D eigenvalue weighted by Gasteiger charge is 2.14. The number of benzene rings is 1. The molecule has 0 fully saturated rings. The van der Waals surface area contributed by atoms with Crippen LogP contribution >= 0.6 is 0 Å². The Morgan fingerprint density at radius 1 is 1.33 bits per heavy atom. The molecule has 0 bridgehead atoms. The van der Waals surface area contributed by atoms with Gasteiger partial charge in [0.15, 0.2) is 0 Å². The van der Waals surface area contributed by atoms with Crippen molar-refractivity contribution in [3.05, 3.63) is 46.3 Å². The molecule has 5 nitrogen and oxygen atoms in total. The van der Waals surface area contributed by atoms with Crippen LogP contribution < -0.4 is 0 Å². The summed E-state index contributed by atoms with van der Waals surface area (Å²) in [6.45, 7) is 0. The summed E-state index contributed by atoms with van der Waals surface area (Å²) >= 11 is 0. The molecule has 2 rings (SSSR count). The van der Waals surface area contributed by atoms with Crippen molar-refractivity contribution in [2.75, 3.05) is 0 Å². The minimum Gasteiger partial charge on any atom is -0.258 e. The van der Waals surface area contributed by atoms with Crippen LogP contribution in [0.15, 0.2) is 30.5 Å². The first-order chi connectivity index (χ1) is 7.24. The van der Waals surface area contributed by atoms with Crippen molar-refractivity contribution in [3.63, 3.8) is 0 Å². The van der Waals surface area contributed by atoms with Crippen LogP contribution in [0.4, 0.5) is 5.69 Å². The topological polar surface area (TPSA) is 79.8 Å². The Bertz CT molecular complexity index is 587. The fraction of sp³-hybridized carbons (Fsp3) is 0. The molecule has 1 heterocycles. The van der Waals surface area contributed by atoms with Gasteiger partial charge in [0, 0.05) is 5.39 Å². The highest BCUT2D eigenvalue weighted by Crippen LogP contribution is 2.25. The summed E-state index contributed by atoms with van der Waals surface area (Å²) in [5.74, 6) is 0. The van der Waals surface area contributed by atoms with E-state index in [1.807, 2.05) is 6.07 Å². The smallest absolute Gasteiger partial charge is 0.258 e. The van der Waals surface area contributed by atoms with Crippen LogP contribution in [0, 0.1) is 21.4 Å². The summed E-state index contributed by atoms with van der Waals surface area (Å²) in [5.41, 5.74) is 0.126. The molecular formula is C10H5N3O2. The van der Waals surface area contributed by atoms with Crippen LogP contribution in [-0.4, -0.2) is 9.91 Å². The minimum absolute atomic E-state index is 0.0791. The van der Waals surface area contributed by atoms with Gasteiger partial charge in [-0.15, -0.1) is 0 Å². The molecule has 15 heavy (non-hydrogen) atoms. The van der Waals surface area contributed by atoms with Gasteiger partial charge in [-0.05, 0) is 6.07 Å². The Balaban J connectivity index is 2.91. The summed E-state index contributed by atoms with van der Waals surface area (Å²) in [6, 6.07) is 8.56. The van der Waals surface area contributed by atoms with Crippen LogP contribution in [0.25, 0.3) is 10.8 Å². The number of nitro groups is 1. The van der Waals surface area contributed by atoms with E-state index in [4.69, 9.17) is 5.26 Å². The molecule has 0 saturated carbocycles. The van der Waals surface area contributed by atoms with Crippen LogP contribution in [-0.2, 0) is 0 Å². The summed E-state index contributed by atoms with van der Waals surface area (Å²) in [7, 11) is 0. The molecule has 0 N–H and O–H groups in total. The zero-order chi connectivity index (χ0) is 10.8. The van der Waals surface area contributed by atoms with E-state index in [1.165, 1.54) is 0 Å². The lowest BCUT2D eigenvalue weighted by Gasteiger charge is -1.99. The van der Waals surface area contributed by atoms with Crippen LogP contribution in [0.1, 0.15) is 5.69 Å². The van der Waals surface area contributed by atoms with Gasteiger partial charge < -0.3 is 0 Å². The van der Waals surface area contributed by atoms with Gasteiger partial charge in [0.1, 0.15) is 18.0 Å². The molecule has 0 aliphatic carbocycles. The predicted molar refractivity (Wildman–Crippen MR) is 53.1 cm³/mol. The molecule has 0 radical (unpaired) electrons. The Morgan fingerprint density at radius 3 is 2.60 bits per heavy atom.